The molecule has 0 aromatic rings. The molecule has 0 nitrogen and oxygen atoms in total. The number of hydrogen-bond acceptors (Lipinski definition) is 0. The lowest BCUT2D eigenvalue weighted by Crippen LogP contribution is -2.54. The van der Waals surface area contributed by atoms with Crippen LogP contribution in [0.5, 0.6) is 0 Å². The van der Waals surface area contributed by atoms with Gasteiger partial charge in [-0.3, -0.25) is 0 Å². The van der Waals surface area contributed by atoms with Crippen LogP contribution in [0.3, 0.4) is 0 Å². The standard InChI is InChI=1S/C19H30/c1-17(2)9-4-10-18(3)15(17)8-12-19-11-7-14(13-19)5-6-16(18)19/h4,9,14-16H,5-8,10-13H2,1-3H3/t14-,15-,16+,18-,19+/m0/s1. The molecule has 19 heavy (non-hydrogen) atoms. The van der Waals surface area contributed by atoms with E-state index in [0.29, 0.717) is 10.8 Å². The minimum Gasteiger partial charge on any atom is -0.0874 e. The van der Waals surface area contributed by atoms with Crippen LogP contribution in [0.25, 0.3) is 0 Å². The Bertz CT molecular complexity index is 418. The fourth-order valence-corrected chi connectivity index (χ4v) is 7.22. The maximum Gasteiger partial charge on any atom is -0.0141 e. The Labute approximate surface area is 119 Å². The zero-order valence-corrected chi connectivity index (χ0v) is 13.0. The Hall–Kier alpha value is -0.260. The molecule has 4 aliphatic carbocycles. The molecule has 3 fully saturated rings. The summed E-state index contributed by atoms with van der Waals surface area (Å²) >= 11 is 0. The first kappa shape index (κ1) is 12.5. The van der Waals surface area contributed by atoms with E-state index in [1.807, 2.05) is 0 Å². The number of hydrogen-bond donors (Lipinski definition) is 0. The normalized spacial score (nSPS) is 54.6. The molecule has 2 bridgehead atoms. The first-order valence-corrected chi connectivity index (χ1v) is 8.64. The van der Waals surface area contributed by atoms with Crippen LogP contribution in [-0.4, -0.2) is 0 Å². The second-order valence-corrected chi connectivity index (χ2v) is 9.13. The van der Waals surface area contributed by atoms with Crippen molar-refractivity contribution < 1.29 is 0 Å². The van der Waals surface area contributed by atoms with Gasteiger partial charge in [-0.25, -0.2) is 0 Å². The molecule has 4 aliphatic rings. The summed E-state index contributed by atoms with van der Waals surface area (Å²) in [5.74, 6) is 3.06. The predicted molar refractivity (Wildman–Crippen MR) is 80.9 cm³/mol. The number of allylic oxidation sites excluding steroid dienone is 2. The Kier molecular flexibility index (Phi) is 2.42. The van der Waals surface area contributed by atoms with Gasteiger partial charge in [0.2, 0.25) is 0 Å². The van der Waals surface area contributed by atoms with Gasteiger partial charge in [0.1, 0.15) is 0 Å². The quantitative estimate of drug-likeness (QED) is 0.497. The van der Waals surface area contributed by atoms with E-state index >= 15 is 0 Å². The summed E-state index contributed by atoms with van der Waals surface area (Å²) in [5.41, 5.74) is 1.81. The highest BCUT2D eigenvalue weighted by Gasteiger charge is 2.61. The summed E-state index contributed by atoms with van der Waals surface area (Å²) < 4.78 is 0. The van der Waals surface area contributed by atoms with Crippen molar-refractivity contribution in [1.29, 1.82) is 0 Å². The zero-order chi connectivity index (χ0) is 13.3. The van der Waals surface area contributed by atoms with Crippen molar-refractivity contribution in [1.82, 2.24) is 0 Å². The Morgan fingerprint density at radius 3 is 2.53 bits per heavy atom. The van der Waals surface area contributed by atoms with Gasteiger partial charge >= 0.3 is 0 Å². The minimum atomic E-state index is 0.435. The molecule has 0 amide bonds. The summed E-state index contributed by atoms with van der Waals surface area (Å²) in [6.45, 7) is 7.64. The van der Waals surface area contributed by atoms with E-state index in [4.69, 9.17) is 0 Å². The third kappa shape index (κ3) is 1.52. The molecule has 0 aromatic carbocycles. The average molecular weight is 258 g/mol. The van der Waals surface area contributed by atoms with E-state index in [-0.39, 0.29) is 0 Å². The van der Waals surface area contributed by atoms with Crippen molar-refractivity contribution in [3.05, 3.63) is 12.2 Å². The van der Waals surface area contributed by atoms with Gasteiger partial charge < -0.3 is 0 Å². The predicted octanol–water partition coefficient (Wildman–Crippen LogP) is 5.59. The Balaban J connectivity index is 1.76. The first-order chi connectivity index (χ1) is 8.96. The molecule has 106 valence electrons. The van der Waals surface area contributed by atoms with Crippen molar-refractivity contribution in [3.8, 4) is 0 Å². The zero-order valence-electron chi connectivity index (χ0n) is 13.0. The average Bonchev–Trinajstić information content (AvgIpc) is 2.64. The second-order valence-electron chi connectivity index (χ2n) is 9.13. The molecule has 0 N–H and O–H groups in total. The van der Waals surface area contributed by atoms with Gasteiger partial charge in [-0.15, -0.1) is 0 Å². The summed E-state index contributed by atoms with van der Waals surface area (Å²) in [4.78, 5) is 0. The molecule has 0 unspecified atom stereocenters. The lowest BCUT2D eigenvalue weighted by Gasteiger charge is -2.62. The highest BCUT2D eigenvalue weighted by atomic mass is 14.7. The molecule has 4 rings (SSSR count). The van der Waals surface area contributed by atoms with Crippen LogP contribution in [0.1, 0.15) is 72.1 Å². The van der Waals surface area contributed by atoms with E-state index in [0.717, 1.165) is 23.2 Å². The van der Waals surface area contributed by atoms with Crippen LogP contribution in [0.2, 0.25) is 0 Å². The Morgan fingerprint density at radius 1 is 0.895 bits per heavy atom. The van der Waals surface area contributed by atoms with Crippen LogP contribution in [0.15, 0.2) is 12.2 Å². The van der Waals surface area contributed by atoms with Crippen LogP contribution in [0.4, 0.5) is 0 Å². The second kappa shape index (κ2) is 3.68. The van der Waals surface area contributed by atoms with Crippen LogP contribution < -0.4 is 0 Å². The monoisotopic (exact) mass is 258 g/mol. The van der Waals surface area contributed by atoms with Crippen LogP contribution >= 0.6 is 0 Å². The molecular weight excluding hydrogens is 228 g/mol. The van der Waals surface area contributed by atoms with Gasteiger partial charge in [-0.05, 0) is 78.9 Å². The maximum absolute atomic E-state index is 2.66. The molecule has 1 spiro atoms. The highest BCUT2D eigenvalue weighted by Crippen LogP contribution is 2.70. The minimum absolute atomic E-state index is 0.435. The van der Waals surface area contributed by atoms with Crippen molar-refractivity contribution in [2.45, 2.75) is 72.1 Å². The van der Waals surface area contributed by atoms with E-state index in [1.165, 1.54) is 12.8 Å². The molecule has 0 heterocycles. The van der Waals surface area contributed by atoms with Gasteiger partial charge in [-0.1, -0.05) is 39.3 Å². The summed E-state index contributed by atoms with van der Waals surface area (Å²) in [6.07, 6.45) is 17.2. The van der Waals surface area contributed by atoms with Crippen molar-refractivity contribution in [2.24, 2.45) is 34.0 Å². The topological polar surface area (TPSA) is 0 Å². The highest BCUT2D eigenvalue weighted by molar-refractivity contribution is 5.17. The molecule has 0 saturated heterocycles. The smallest absolute Gasteiger partial charge is 0.0141 e. The fraction of sp³-hybridized carbons (Fsp3) is 0.895. The van der Waals surface area contributed by atoms with Crippen molar-refractivity contribution >= 4 is 0 Å². The van der Waals surface area contributed by atoms with Crippen molar-refractivity contribution in [3.63, 3.8) is 0 Å². The number of fused-ring (bicyclic) bond motifs is 3. The fourth-order valence-electron chi connectivity index (χ4n) is 7.22. The van der Waals surface area contributed by atoms with Gasteiger partial charge in [0, 0.05) is 0 Å². The lowest BCUT2D eigenvalue weighted by molar-refractivity contribution is -0.114. The SMILES string of the molecule is CC1(C)C=CC[C@@]2(C)[C@H]1CC[C@@]13CC[C@H](CC[C@@H]12)C3. The molecule has 0 aromatic heterocycles. The molecule has 0 aliphatic heterocycles. The summed E-state index contributed by atoms with van der Waals surface area (Å²) in [7, 11) is 0. The van der Waals surface area contributed by atoms with Crippen LogP contribution in [0, 0.1) is 34.0 Å². The van der Waals surface area contributed by atoms with E-state index in [9.17, 15) is 0 Å². The Morgan fingerprint density at radius 2 is 1.68 bits per heavy atom. The third-order valence-corrected chi connectivity index (χ3v) is 7.87. The maximum atomic E-state index is 2.66. The third-order valence-electron chi connectivity index (χ3n) is 7.87. The van der Waals surface area contributed by atoms with Gasteiger partial charge in [0.15, 0.2) is 0 Å². The summed E-state index contributed by atoms with van der Waals surface area (Å²) in [6, 6.07) is 0. The molecule has 3 saturated carbocycles. The number of rotatable bonds is 0. The van der Waals surface area contributed by atoms with Crippen molar-refractivity contribution in [2.75, 3.05) is 0 Å². The van der Waals surface area contributed by atoms with E-state index < -0.39 is 0 Å². The van der Waals surface area contributed by atoms with E-state index in [1.54, 1.807) is 38.5 Å². The molecule has 5 atom stereocenters. The lowest BCUT2D eigenvalue weighted by atomic mass is 9.42. The molecule has 0 heteroatoms. The van der Waals surface area contributed by atoms with Crippen LogP contribution in [-0.2, 0) is 0 Å². The van der Waals surface area contributed by atoms with Gasteiger partial charge in [-0.2, -0.15) is 0 Å². The van der Waals surface area contributed by atoms with E-state index in [2.05, 4.69) is 32.9 Å². The largest absolute Gasteiger partial charge is 0.0874 e. The first-order valence-electron chi connectivity index (χ1n) is 8.64. The molecule has 0 radical (unpaired) electrons. The summed E-state index contributed by atoms with van der Waals surface area (Å²) in [5, 5.41) is 0. The van der Waals surface area contributed by atoms with Gasteiger partial charge in [0.25, 0.3) is 0 Å². The van der Waals surface area contributed by atoms with Gasteiger partial charge in [0.05, 0.1) is 0 Å². The molecular formula is C19H30.